The van der Waals surface area contributed by atoms with Crippen LogP contribution in [0.15, 0.2) is 52.5 Å². The van der Waals surface area contributed by atoms with Gasteiger partial charge in [0, 0.05) is 44.4 Å². The number of carbonyl (C=O) groups is 1. The third-order valence-electron chi connectivity index (χ3n) is 4.87. The summed E-state index contributed by atoms with van der Waals surface area (Å²) in [5.41, 5.74) is 0. The molecule has 11 heteroatoms. The highest BCUT2D eigenvalue weighted by atomic mass is 32.2. The van der Waals surface area contributed by atoms with Gasteiger partial charge in [-0.3, -0.25) is 4.79 Å². The summed E-state index contributed by atoms with van der Waals surface area (Å²) in [6.07, 6.45) is 1.38. The van der Waals surface area contributed by atoms with Crippen molar-refractivity contribution < 1.29 is 27.4 Å². The summed E-state index contributed by atoms with van der Waals surface area (Å²) >= 11 is 1.17. The fraction of sp³-hybridized carbons (Fsp3) is 0.368. The van der Waals surface area contributed by atoms with Crippen LogP contribution in [0.1, 0.15) is 0 Å². The van der Waals surface area contributed by atoms with Gasteiger partial charge in [-0.05, 0) is 30.0 Å². The van der Waals surface area contributed by atoms with E-state index in [4.69, 9.17) is 9.47 Å². The van der Waals surface area contributed by atoms with Gasteiger partial charge in [-0.15, -0.1) is 0 Å². The van der Waals surface area contributed by atoms with E-state index in [1.165, 1.54) is 34.4 Å². The minimum atomic E-state index is -3.70. The van der Waals surface area contributed by atoms with E-state index in [9.17, 15) is 18.4 Å². The normalized spacial score (nSPS) is 17.0. The minimum Gasteiger partial charge on any atom is -0.618 e. The molecule has 2 aliphatic rings. The van der Waals surface area contributed by atoms with E-state index in [0.29, 0.717) is 42.8 Å². The van der Waals surface area contributed by atoms with E-state index in [2.05, 4.69) is 0 Å². The lowest BCUT2D eigenvalue weighted by molar-refractivity contribution is -0.645. The molecule has 1 saturated heterocycles. The van der Waals surface area contributed by atoms with Gasteiger partial charge in [0.15, 0.2) is 17.7 Å². The maximum Gasteiger partial charge on any atom is 0.251 e. The van der Waals surface area contributed by atoms with Crippen LogP contribution in [0.2, 0.25) is 0 Å². The Hall–Kier alpha value is -2.50. The Balaban J connectivity index is 1.35. The molecule has 1 fully saturated rings. The smallest absolute Gasteiger partial charge is 0.251 e. The molecule has 0 N–H and O–H groups in total. The number of nitrogens with zero attached hydrogens (tertiary/aromatic N) is 3. The predicted octanol–water partition coefficient (Wildman–Crippen LogP) is 0.716. The second kappa shape index (κ2) is 8.70. The molecule has 0 bridgehead atoms. The summed E-state index contributed by atoms with van der Waals surface area (Å²) < 4.78 is 39.0. The van der Waals surface area contributed by atoms with E-state index in [1.807, 2.05) is 0 Å². The third-order valence-corrected chi connectivity index (χ3v) is 7.77. The number of sulfonamides is 1. The van der Waals surface area contributed by atoms with Crippen LogP contribution in [0.25, 0.3) is 0 Å². The molecule has 0 saturated carbocycles. The molecule has 3 heterocycles. The summed E-state index contributed by atoms with van der Waals surface area (Å²) in [4.78, 5) is 14.2. The fourth-order valence-electron chi connectivity index (χ4n) is 3.26. The standard InChI is InChI=1S/C19H21N3O6S2/c23-18(14-29-19-3-1-2-6-22(19)24)20-7-9-21(10-8-20)30(25,26)15-4-5-16-17(13-15)28-12-11-27-16/h1-6,13H,7-12,14H2. The van der Waals surface area contributed by atoms with Crippen LogP contribution in [-0.2, 0) is 14.8 Å². The van der Waals surface area contributed by atoms with Gasteiger partial charge in [0.05, 0.1) is 10.6 Å². The van der Waals surface area contributed by atoms with Crippen molar-refractivity contribution in [1.82, 2.24) is 9.21 Å². The van der Waals surface area contributed by atoms with Crippen LogP contribution in [-0.4, -0.2) is 68.7 Å². The second-order valence-electron chi connectivity index (χ2n) is 6.74. The molecule has 0 atom stereocenters. The van der Waals surface area contributed by atoms with Crippen molar-refractivity contribution in [1.29, 1.82) is 0 Å². The Morgan fingerprint density at radius 2 is 1.80 bits per heavy atom. The van der Waals surface area contributed by atoms with Crippen molar-refractivity contribution in [2.45, 2.75) is 9.92 Å². The van der Waals surface area contributed by atoms with Crippen LogP contribution < -0.4 is 14.2 Å². The van der Waals surface area contributed by atoms with Crippen molar-refractivity contribution in [3.05, 3.63) is 47.8 Å². The number of piperazine rings is 1. The molecular weight excluding hydrogens is 430 g/mol. The largest absolute Gasteiger partial charge is 0.618 e. The first-order chi connectivity index (χ1) is 14.4. The second-order valence-corrected chi connectivity index (χ2v) is 9.68. The number of carbonyl (C=O) groups excluding carboxylic acids is 1. The van der Waals surface area contributed by atoms with Crippen molar-refractivity contribution in [3.8, 4) is 11.5 Å². The average molecular weight is 452 g/mol. The molecule has 0 aliphatic carbocycles. The van der Waals surface area contributed by atoms with Gasteiger partial charge in [-0.1, -0.05) is 0 Å². The molecule has 1 aromatic carbocycles. The number of hydrogen-bond donors (Lipinski definition) is 0. The molecule has 30 heavy (non-hydrogen) atoms. The molecule has 1 aromatic heterocycles. The van der Waals surface area contributed by atoms with E-state index >= 15 is 0 Å². The first-order valence-electron chi connectivity index (χ1n) is 9.44. The molecule has 0 radical (unpaired) electrons. The van der Waals surface area contributed by atoms with Crippen LogP contribution in [0.5, 0.6) is 11.5 Å². The van der Waals surface area contributed by atoms with Crippen molar-refractivity contribution in [2.24, 2.45) is 0 Å². The highest BCUT2D eigenvalue weighted by Crippen LogP contribution is 2.33. The van der Waals surface area contributed by atoms with Crippen molar-refractivity contribution in [2.75, 3.05) is 45.1 Å². The van der Waals surface area contributed by atoms with Gasteiger partial charge < -0.3 is 19.6 Å². The minimum absolute atomic E-state index is 0.125. The molecular formula is C19H21N3O6S2. The number of hydrogen-bond acceptors (Lipinski definition) is 7. The number of pyridine rings is 1. The number of rotatable bonds is 5. The van der Waals surface area contributed by atoms with Gasteiger partial charge in [-0.2, -0.15) is 9.04 Å². The van der Waals surface area contributed by atoms with Gasteiger partial charge in [0.25, 0.3) is 5.03 Å². The Morgan fingerprint density at radius 3 is 2.53 bits per heavy atom. The van der Waals surface area contributed by atoms with Crippen molar-refractivity contribution in [3.63, 3.8) is 0 Å². The molecule has 160 valence electrons. The molecule has 1 amide bonds. The first kappa shape index (κ1) is 20.8. The Bertz CT molecular complexity index is 1040. The number of fused-ring (bicyclic) bond motifs is 1. The Labute approximate surface area is 178 Å². The molecule has 0 spiro atoms. The fourth-order valence-corrected chi connectivity index (χ4v) is 5.52. The summed E-state index contributed by atoms with van der Waals surface area (Å²) in [5, 5.41) is 12.1. The first-order valence-corrected chi connectivity index (χ1v) is 11.9. The van der Waals surface area contributed by atoms with Gasteiger partial charge >= 0.3 is 0 Å². The van der Waals surface area contributed by atoms with Gasteiger partial charge in [0.1, 0.15) is 13.2 Å². The monoisotopic (exact) mass is 451 g/mol. The number of ether oxygens (including phenoxy) is 2. The number of thioether (sulfide) groups is 1. The molecule has 9 nitrogen and oxygen atoms in total. The topological polar surface area (TPSA) is 103 Å². The van der Waals surface area contributed by atoms with Crippen molar-refractivity contribution >= 4 is 27.7 Å². The highest BCUT2D eigenvalue weighted by molar-refractivity contribution is 7.99. The average Bonchev–Trinajstić information content (AvgIpc) is 2.78. The van der Waals surface area contributed by atoms with E-state index < -0.39 is 10.0 Å². The quantitative estimate of drug-likeness (QED) is 0.375. The van der Waals surface area contributed by atoms with Gasteiger partial charge in [-0.25, -0.2) is 8.42 Å². The number of amides is 1. The molecule has 2 aromatic rings. The maximum absolute atomic E-state index is 13.0. The summed E-state index contributed by atoms with van der Waals surface area (Å²) in [6.45, 7) is 1.84. The highest BCUT2D eigenvalue weighted by Gasteiger charge is 2.31. The van der Waals surface area contributed by atoms with E-state index in [-0.39, 0.29) is 29.6 Å². The Morgan fingerprint density at radius 1 is 1.07 bits per heavy atom. The third kappa shape index (κ3) is 4.32. The number of benzene rings is 1. The van der Waals surface area contributed by atoms with Crippen LogP contribution in [0.4, 0.5) is 0 Å². The lowest BCUT2D eigenvalue weighted by Gasteiger charge is -2.34. The maximum atomic E-state index is 13.0. The van der Waals surface area contributed by atoms with Crippen LogP contribution >= 0.6 is 11.8 Å². The molecule has 4 rings (SSSR count). The number of aromatic nitrogens is 1. The van der Waals surface area contributed by atoms with E-state index in [1.54, 1.807) is 29.2 Å². The van der Waals surface area contributed by atoms with Crippen LogP contribution in [0.3, 0.4) is 0 Å². The summed E-state index contributed by atoms with van der Waals surface area (Å²) in [5.74, 6) is 0.956. The lowest BCUT2D eigenvalue weighted by atomic mass is 10.3. The van der Waals surface area contributed by atoms with Crippen LogP contribution in [0, 0.1) is 5.21 Å². The zero-order valence-electron chi connectivity index (χ0n) is 16.1. The zero-order valence-corrected chi connectivity index (χ0v) is 17.7. The predicted molar refractivity (Wildman–Crippen MR) is 109 cm³/mol. The SMILES string of the molecule is O=C(CSc1cccc[n+]1[O-])N1CCN(S(=O)(=O)c2ccc3c(c2)OCCO3)CC1. The molecule has 2 aliphatic heterocycles. The lowest BCUT2D eigenvalue weighted by Crippen LogP contribution is -2.51. The van der Waals surface area contributed by atoms with E-state index in [0.717, 1.165) is 4.73 Å². The molecule has 0 unspecified atom stereocenters. The van der Waals surface area contributed by atoms with Gasteiger partial charge in [0.2, 0.25) is 15.9 Å². The zero-order chi connectivity index (χ0) is 21.1. The summed E-state index contributed by atoms with van der Waals surface area (Å²) in [6, 6.07) is 9.61. The Kier molecular flexibility index (Phi) is 6.02. The summed E-state index contributed by atoms with van der Waals surface area (Å²) in [7, 11) is -3.70.